The van der Waals surface area contributed by atoms with Crippen LogP contribution in [0.1, 0.15) is 49.8 Å². The monoisotopic (exact) mass is 489 g/mol. The van der Waals surface area contributed by atoms with Crippen molar-refractivity contribution < 1.29 is 19.4 Å². The van der Waals surface area contributed by atoms with Gasteiger partial charge < -0.3 is 19.9 Å². The van der Waals surface area contributed by atoms with Crippen LogP contribution in [0.4, 0.5) is 0 Å². The first-order valence-corrected chi connectivity index (χ1v) is 11.7. The Balaban J connectivity index is 1.59. The van der Waals surface area contributed by atoms with Gasteiger partial charge in [0.15, 0.2) is 11.5 Å². The summed E-state index contributed by atoms with van der Waals surface area (Å²) >= 11 is 3.62. The number of aliphatic carboxylic acids is 1. The van der Waals surface area contributed by atoms with Crippen molar-refractivity contribution in [2.24, 2.45) is 11.8 Å². The number of methoxy groups -OCH3 is 1. The molecule has 6 heteroatoms. The molecule has 1 fully saturated rings. The van der Waals surface area contributed by atoms with Gasteiger partial charge >= 0.3 is 5.97 Å². The molecule has 1 aliphatic carbocycles. The summed E-state index contributed by atoms with van der Waals surface area (Å²) in [6.45, 7) is 5.57. The maximum absolute atomic E-state index is 11.1. The molecule has 0 amide bonds. The van der Waals surface area contributed by atoms with E-state index in [1.165, 1.54) is 5.56 Å². The van der Waals surface area contributed by atoms with Crippen LogP contribution in [0, 0.1) is 11.8 Å². The van der Waals surface area contributed by atoms with Crippen molar-refractivity contribution in [1.29, 1.82) is 0 Å². The molecule has 0 spiro atoms. The second-order valence-electron chi connectivity index (χ2n) is 8.74. The molecule has 0 radical (unpaired) electrons. The summed E-state index contributed by atoms with van der Waals surface area (Å²) in [5.41, 5.74) is 3.51. The second kappa shape index (κ2) is 11.0. The van der Waals surface area contributed by atoms with Gasteiger partial charge in [0.1, 0.15) is 6.61 Å². The van der Waals surface area contributed by atoms with Gasteiger partial charge in [-0.2, -0.15) is 0 Å². The number of hydrogen-bond acceptors (Lipinski definition) is 4. The molecule has 0 aliphatic heterocycles. The molecule has 168 valence electrons. The first-order chi connectivity index (χ1) is 14.9. The minimum atomic E-state index is -0.690. The summed E-state index contributed by atoms with van der Waals surface area (Å²) in [6.07, 6.45) is 3.40. The average molecular weight is 490 g/mol. The Morgan fingerprint density at radius 2 is 1.87 bits per heavy atom. The zero-order chi connectivity index (χ0) is 22.4. The van der Waals surface area contributed by atoms with Gasteiger partial charge in [-0.15, -0.1) is 0 Å². The zero-order valence-corrected chi connectivity index (χ0v) is 20.1. The molecule has 0 heterocycles. The van der Waals surface area contributed by atoms with E-state index in [0.29, 0.717) is 37.0 Å². The number of carbonyl (C=O) groups is 1. The standard InChI is InChI=1S/C25H32BrNO4/c1-16(2)10-17-4-6-18(7-5-17)15-31-24-22(26)11-19(12-23(24)30-3)14-27-21-9-8-20(13-21)25(28)29/h4-7,11-12,16,20-21,27H,8-10,13-15H2,1-3H3,(H,28,29). The summed E-state index contributed by atoms with van der Waals surface area (Å²) in [4.78, 5) is 11.1. The third-order valence-electron chi connectivity index (χ3n) is 5.72. The number of benzene rings is 2. The van der Waals surface area contributed by atoms with Crippen LogP contribution in [-0.4, -0.2) is 24.2 Å². The lowest BCUT2D eigenvalue weighted by atomic mass is 10.0. The van der Waals surface area contributed by atoms with Crippen LogP contribution in [0.2, 0.25) is 0 Å². The van der Waals surface area contributed by atoms with E-state index in [1.807, 2.05) is 12.1 Å². The van der Waals surface area contributed by atoms with Gasteiger partial charge in [0.2, 0.25) is 0 Å². The minimum Gasteiger partial charge on any atom is -0.493 e. The fourth-order valence-corrected chi connectivity index (χ4v) is 4.67. The number of rotatable bonds is 10. The lowest BCUT2D eigenvalue weighted by Gasteiger charge is -2.17. The van der Waals surface area contributed by atoms with Crippen molar-refractivity contribution in [2.45, 2.75) is 58.7 Å². The average Bonchev–Trinajstić information content (AvgIpc) is 3.21. The van der Waals surface area contributed by atoms with Crippen LogP contribution in [0.3, 0.4) is 0 Å². The highest BCUT2D eigenvalue weighted by molar-refractivity contribution is 9.10. The lowest BCUT2D eigenvalue weighted by molar-refractivity contribution is -0.141. The number of carboxylic acids is 1. The van der Waals surface area contributed by atoms with Gasteiger partial charge in [-0.3, -0.25) is 4.79 Å². The van der Waals surface area contributed by atoms with Crippen LogP contribution >= 0.6 is 15.9 Å². The molecule has 2 aromatic carbocycles. The number of ether oxygens (including phenoxy) is 2. The molecule has 2 atom stereocenters. The maximum Gasteiger partial charge on any atom is 0.306 e. The first kappa shape index (κ1) is 23.6. The Morgan fingerprint density at radius 3 is 2.48 bits per heavy atom. The third kappa shape index (κ3) is 6.71. The Morgan fingerprint density at radius 1 is 1.16 bits per heavy atom. The molecule has 3 rings (SSSR count). The smallest absolute Gasteiger partial charge is 0.306 e. The fourth-order valence-electron chi connectivity index (χ4n) is 4.07. The molecule has 5 nitrogen and oxygen atoms in total. The molecule has 1 saturated carbocycles. The lowest BCUT2D eigenvalue weighted by Crippen LogP contribution is -2.26. The minimum absolute atomic E-state index is 0.228. The highest BCUT2D eigenvalue weighted by Crippen LogP contribution is 2.37. The van der Waals surface area contributed by atoms with Crippen LogP contribution in [-0.2, 0) is 24.4 Å². The molecular weight excluding hydrogens is 458 g/mol. The van der Waals surface area contributed by atoms with Gasteiger partial charge in [0, 0.05) is 12.6 Å². The Labute approximate surface area is 193 Å². The second-order valence-corrected chi connectivity index (χ2v) is 9.59. The molecule has 2 N–H and O–H groups in total. The highest BCUT2D eigenvalue weighted by Gasteiger charge is 2.29. The van der Waals surface area contributed by atoms with Crippen molar-refractivity contribution in [3.05, 3.63) is 57.6 Å². The maximum atomic E-state index is 11.1. The van der Waals surface area contributed by atoms with Crippen molar-refractivity contribution in [1.82, 2.24) is 5.32 Å². The van der Waals surface area contributed by atoms with Crippen molar-refractivity contribution in [2.75, 3.05) is 7.11 Å². The summed E-state index contributed by atoms with van der Waals surface area (Å²) in [5.74, 6) is 1.09. The number of halogens is 1. The van der Waals surface area contributed by atoms with E-state index in [-0.39, 0.29) is 12.0 Å². The SMILES string of the molecule is COc1cc(CNC2CCC(C(=O)O)C2)cc(Br)c1OCc1ccc(CC(C)C)cc1. The van der Waals surface area contributed by atoms with Gasteiger partial charge in [0.05, 0.1) is 17.5 Å². The molecule has 31 heavy (non-hydrogen) atoms. The van der Waals surface area contributed by atoms with E-state index in [1.54, 1.807) is 7.11 Å². The largest absolute Gasteiger partial charge is 0.493 e. The highest BCUT2D eigenvalue weighted by atomic mass is 79.9. The van der Waals surface area contributed by atoms with Gasteiger partial charge in [-0.05, 0) is 76.4 Å². The quantitative estimate of drug-likeness (QED) is 0.455. The molecule has 0 bridgehead atoms. The van der Waals surface area contributed by atoms with Gasteiger partial charge in [-0.25, -0.2) is 0 Å². The Bertz CT molecular complexity index is 882. The Hall–Kier alpha value is -2.05. The van der Waals surface area contributed by atoms with E-state index in [0.717, 1.165) is 34.9 Å². The predicted octanol–water partition coefficient (Wildman–Crippen LogP) is 5.58. The molecule has 1 aliphatic rings. The molecule has 0 aromatic heterocycles. The number of carboxylic acid groups (broad SMARTS) is 1. The van der Waals surface area contributed by atoms with E-state index in [9.17, 15) is 4.79 Å². The Kier molecular flexibility index (Phi) is 8.38. The number of hydrogen-bond donors (Lipinski definition) is 2. The molecule has 0 saturated heterocycles. The summed E-state index contributed by atoms with van der Waals surface area (Å²) in [7, 11) is 1.64. The van der Waals surface area contributed by atoms with Crippen LogP contribution in [0.25, 0.3) is 0 Å². The predicted molar refractivity (Wildman–Crippen MR) is 126 cm³/mol. The summed E-state index contributed by atoms with van der Waals surface area (Å²) < 4.78 is 12.5. The molecular formula is C25H32BrNO4. The van der Waals surface area contributed by atoms with Gasteiger partial charge in [0.25, 0.3) is 0 Å². The first-order valence-electron chi connectivity index (χ1n) is 10.9. The topological polar surface area (TPSA) is 67.8 Å². The number of nitrogens with one attached hydrogen (secondary N) is 1. The van der Waals surface area contributed by atoms with Crippen LogP contribution < -0.4 is 14.8 Å². The molecule has 2 unspecified atom stereocenters. The van der Waals surface area contributed by atoms with Crippen molar-refractivity contribution >= 4 is 21.9 Å². The van der Waals surface area contributed by atoms with Crippen molar-refractivity contribution in [3.63, 3.8) is 0 Å². The van der Waals surface area contributed by atoms with E-state index >= 15 is 0 Å². The fraction of sp³-hybridized carbons (Fsp3) is 0.480. The summed E-state index contributed by atoms with van der Waals surface area (Å²) in [5, 5.41) is 12.6. The normalized spacial score (nSPS) is 18.4. The van der Waals surface area contributed by atoms with E-state index in [2.05, 4.69) is 59.4 Å². The van der Waals surface area contributed by atoms with Crippen molar-refractivity contribution in [3.8, 4) is 11.5 Å². The van der Waals surface area contributed by atoms with Gasteiger partial charge in [-0.1, -0.05) is 38.1 Å². The summed E-state index contributed by atoms with van der Waals surface area (Å²) in [6, 6.07) is 12.8. The third-order valence-corrected chi connectivity index (χ3v) is 6.31. The van der Waals surface area contributed by atoms with E-state index < -0.39 is 5.97 Å². The van der Waals surface area contributed by atoms with E-state index in [4.69, 9.17) is 14.6 Å². The zero-order valence-electron chi connectivity index (χ0n) is 18.5. The van der Waals surface area contributed by atoms with Crippen LogP contribution in [0.5, 0.6) is 11.5 Å². The molecule has 2 aromatic rings. The van der Waals surface area contributed by atoms with Crippen LogP contribution in [0.15, 0.2) is 40.9 Å².